The van der Waals surface area contributed by atoms with Gasteiger partial charge in [0.15, 0.2) is 0 Å². The van der Waals surface area contributed by atoms with Crippen LogP contribution >= 0.6 is 15.9 Å². The Morgan fingerprint density at radius 2 is 1.83 bits per heavy atom. The van der Waals surface area contributed by atoms with E-state index in [0.717, 1.165) is 31.4 Å². The summed E-state index contributed by atoms with van der Waals surface area (Å²) in [6.07, 6.45) is 5.02. The highest BCUT2D eigenvalue weighted by molar-refractivity contribution is 9.09. The van der Waals surface area contributed by atoms with Crippen LogP contribution in [-0.4, -0.2) is 32.1 Å². The van der Waals surface area contributed by atoms with Crippen LogP contribution < -0.4 is 5.32 Å². The average Bonchev–Trinajstić information content (AvgIpc) is 2.10. The predicted molar refractivity (Wildman–Crippen MR) is 57.0 cm³/mol. The van der Waals surface area contributed by atoms with Gasteiger partial charge in [0, 0.05) is 19.0 Å². The zero-order chi connectivity index (χ0) is 9.07. The minimum Gasteiger partial charge on any atom is -0.385 e. The molecular weight excluding hydrogens is 218 g/mol. The maximum absolute atomic E-state index is 4.94. The molecule has 0 atom stereocenters. The third-order valence-corrected chi connectivity index (χ3v) is 2.25. The SMILES string of the molecule is COCCCNCCCCCBr. The summed E-state index contributed by atoms with van der Waals surface area (Å²) in [5.41, 5.74) is 0. The number of hydrogen-bond donors (Lipinski definition) is 1. The van der Waals surface area contributed by atoms with Crippen LogP contribution in [0, 0.1) is 0 Å². The van der Waals surface area contributed by atoms with Crippen molar-refractivity contribution in [2.24, 2.45) is 0 Å². The van der Waals surface area contributed by atoms with Gasteiger partial charge in [-0.15, -0.1) is 0 Å². The molecule has 0 fully saturated rings. The highest BCUT2D eigenvalue weighted by Gasteiger charge is 1.88. The van der Waals surface area contributed by atoms with Gasteiger partial charge in [-0.05, 0) is 32.4 Å². The topological polar surface area (TPSA) is 21.3 Å². The molecule has 0 heterocycles. The number of hydrogen-bond acceptors (Lipinski definition) is 2. The van der Waals surface area contributed by atoms with Crippen LogP contribution in [0.1, 0.15) is 25.7 Å². The first-order valence-corrected chi connectivity index (χ1v) is 5.79. The molecule has 0 aromatic heterocycles. The third kappa shape index (κ3) is 10.4. The minimum absolute atomic E-state index is 0.869. The maximum atomic E-state index is 4.94. The monoisotopic (exact) mass is 237 g/mol. The number of nitrogens with one attached hydrogen (secondary N) is 1. The number of unbranched alkanes of at least 4 members (excludes halogenated alkanes) is 2. The molecule has 0 spiro atoms. The molecular formula is C9H20BrNO. The van der Waals surface area contributed by atoms with E-state index in [4.69, 9.17) is 4.74 Å². The fourth-order valence-corrected chi connectivity index (χ4v) is 1.38. The van der Waals surface area contributed by atoms with E-state index in [-0.39, 0.29) is 0 Å². The Bertz CT molecular complexity index is 70.9. The van der Waals surface area contributed by atoms with E-state index in [1.165, 1.54) is 19.3 Å². The summed E-state index contributed by atoms with van der Waals surface area (Å²) >= 11 is 3.42. The van der Waals surface area contributed by atoms with Gasteiger partial charge in [-0.2, -0.15) is 0 Å². The molecule has 0 aliphatic rings. The molecule has 0 rings (SSSR count). The molecule has 74 valence electrons. The first-order chi connectivity index (χ1) is 5.91. The summed E-state index contributed by atoms with van der Waals surface area (Å²) in [6.45, 7) is 3.10. The highest BCUT2D eigenvalue weighted by Crippen LogP contribution is 1.96. The Labute approximate surface area is 84.2 Å². The van der Waals surface area contributed by atoms with E-state index in [2.05, 4.69) is 21.2 Å². The largest absolute Gasteiger partial charge is 0.385 e. The smallest absolute Gasteiger partial charge is 0.0474 e. The van der Waals surface area contributed by atoms with Gasteiger partial charge in [0.25, 0.3) is 0 Å². The highest BCUT2D eigenvalue weighted by atomic mass is 79.9. The fraction of sp³-hybridized carbons (Fsp3) is 1.00. The minimum atomic E-state index is 0.869. The van der Waals surface area contributed by atoms with E-state index in [1.807, 2.05) is 0 Å². The first kappa shape index (κ1) is 12.4. The standard InChI is InChI=1S/C9H20BrNO/c1-12-9-5-8-11-7-4-2-3-6-10/h11H,2-9H2,1H3. The lowest BCUT2D eigenvalue weighted by Crippen LogP contribution is -2.17. The van der Waals surface area contributed by atoms with Crippen LogP contribution in [0.25, 0.3) is 0 Å². The molecule has 0 aliphatic heterocycles. The van der Waals surface area contributed by atoms with Crippen molar-refractivity contribution in [1.29, 1.82) is 0 Å². The van der Waals surface area contributed by atoms with Gasteiger partial charge in [-0.25, -0.2) is 0 Å². The van der Waals surface area contributed by atoms with E-state index < -0.39 is 0 Å². The second-order valence-corrected chi connectivity index (χ2v) is 3.64. The van der Waals surface area contributed by atoms with Crippen molar-refractivity contribution in [2.75, 3.05) is 32.1 Å². The molecule has 0 amide bonds. The number of alkyl halides is 1. The molecule has 0 radical (unpaired) electrons. The van der Waals surface area contributed by atoms with Crippen molar-refractivity contribution >= 4 is 15.9 Å². The van der Waals surface area contributed by atoms with Gasteiger partial charge >= 0.3 is 0 Å². The van der Waals surface area contributed by atoms with Gasteiger partial charge in [-0.3, -0.25) is 0 Å². The molecule has 1 N–H and O–H groups in total. The summed E-state index contributed by atoms with van der Waals surface area (Å²) in [5, 5.41) is 4.52. The second-order valence-electron chi connectivity index (χ2n) is 2.85. The lowest BCUT2D eigenvalue weighted by atomic mass is 10.2. The molecule has 0 unspecified atom stereocenters. The van der Waals surface area contributed by atoms with Crippen molar-refractivity contribution < 1.29 is 4.74 Å². The van der Waals surface area contributed by atoms with Crippen molar-refractivity contribution in [3.05, 3.63) is 0 Å². The van der Waals surface area contributed by atoms with Gasteiger partial charge in [0.05, 0.1) is 0 Å². The maximum Gasteiger partial charge on any atom is 0.0474 e. The van der Waals surface area contributed by atoms with Crippen molar-refractivity contribution in [3.8, 4) is 0 Å². The number of methoxy groups -OCH3 is 1. The summed E-state index contributed by atoms with van der Waals surface area (Å²) in [6, 6.07) is 0. The predicted octanol–water partition coefficient (Wildman–Crippen LogP) is 2.18. The second kappa shape index (κ2) is 11.4. The van der Waals surface area contributed by atoms with Gasteiger partial charge in [-0.1, -0.05) is 22.4 Å². The quantitative estimate of drug-likeness (QED) is 0.491. The van der Waals surface area contributed by atoms with E-state index in [0.29, 0.717) is 0 Å². The number of halogens is 1. The Kier molecular flexibility index (Phi) is 11.8. The summed E-state index contributed by atoms with van der Waals surface area (Å²) in [4.78, 5) is 0. The molecule has 2 nitrogen and oxygen atoms in total. The van der Waals surface area contributed by atoms with Crippen LogP contribution in [0.3, 0.4) is 0 Å². The van der Waals surface area contributed by atoms with Crippen molar-refractivity contribution in [3.63, 3.8) is 0 Å². The molecule has 0 bridgehead atoms. The number of ether oxygens (including phenoxy) is 1. The molecule has 0 saturated carbocycles. The Morgan fingerprint density at radius 3 is 2.50 bits per heavy atom. The lowest BCUT2D eigenvalue weighted by molar-refractivity contribution is 0.194. The van der Waals surface area contributed by atoms with Crippen molar-refractivity contribution in [2.45, 2.75) is 25.7 Å². The van der Waals surface area contributed by atoms with E-state index in [1.54, 1.807) is 7.11 Å². The third-order valence-electron chi connectivity index (χ3n) is 1.69. The molecule has 12 heavy (non-hydrogen) atoms. The van der Waals surface area contributed by atoms with E-state index in [9.17, 15) is 0 Å². The molecule has 0 aliphatic carbocycles. The summed E-state index contributed by atoms with van der Waals surface area (Å²) in [7, 11) is 1.75. The Hall–Kier alpha value is 0.400. The average molecular weight is 238 g/mol. The fourth-order valence-electron chi connectivity index (χ4n) is 0.988. The van der Waals surface area contributed by atoms with Gasteiger partial charge in [0.1, 0.15) is 0 Å². The Morgan fingerprint density at radius 1 is 1.08 bits per heavy atom. The summed E-state index contributed by atoms with van der Waals surface area (Å²) < 4.78 is 4.94. The zero-order valence-corrected chi connectivity index (χ0v) is 9.53. The van der Waals surface area contributed by atoms with Crippen LogP contribution in [0.4, 0.5) is 0 Å². The molecule has 0 aromatic carbocycles. The normalized spacial score (nSPS) is 10.5. The van der Waals surface area contributed by atoms with E-state index >= 15 is 0 Å². The van der Waals surface area contributed by atoms with Gasteiger partial charge < -0.3 is 10.1 Å². The van der Waals surface area contributed by atoms with Crippen LogP contribution in [0.15, 0.2) is 0 Å². The van der Waals surface area contributed by atoms with Crippen LogP contribution in [0.2, 0.25) is 0 Å². The van der Waals surface area contributed by atoms with Crippen LogP contribution in [-0.2, 0) is 4.74 Å². The van der Waals surface area contributed by atoms with Gasteiger partial charge in [0.2, 0.25) is 0 Å². The zero-order valence-electron chi connectivity index (χ0n) is 7.94. The first-order valence-electron chi connectivity index (χ1n) is 4.67. The Balaban J connectivity index is 2.73. The lowest BCUT2D eigenvalue weighted by Gasteiger charge is -2.03. The van der Waals surface area contributed by atoms with Crippen molar-refractivity contribution in [1.82, 2.24) is 5.32 Å². The summed E-state index contributed by atoms with van der Waals surface area (Å²) in [5.74, 6) is 0. The number of rotatable bonds is 9. The molecule has 3 heteroatoms. The molecule has 0 saturated heterocycles. The molecule has 0 aromatic rings. The van der Waals surface area contributed by atoms with Crippen LogP contribution in [0.5, 0.6) is 0 Å².